The summed E-state index contributed by atoms with van der Waals surface area (Å²) in [7, 11) is 1.54. The second-order valence-electron chi connectivity index (χ2n) is 6.13. The minimum atomic E-state index is 0.108. The summed E-state index contributed by atoms with van der Waals surface area (Å²) in [4.78, 5) is 8.86. The maximum Gasteiger partial charge on any atom is 0.160 e. The topological polar surface area (TPSA) is 71.7 Å². The van der Waals surface area contributed by atoms with Gasteiger partial charge in [0.1, 0.15) is 11.5 Å². The van der Waals surface area contributed by atoms with Gasteiger partial charge in [-0.25, -0.2) is 4.98 Å². The molecule has 24 heavy (non-hydrogen) atoms. The van der Waals surface area contributed by atoms with Crippen molar-refractivity contribution in [3.63, 3.8) is 0 Å². The van der Waals surface area contributed by atoms with E-state index in [9.17, 15) is 5.11 Å². The Kier molecular flexibility index (Phi) is 3.72. The first-order valence-corrected chi connectivity index (χ1v) is 8.22. The zero-order valence-electron chi connectivity index (χ0n) is 13.6. The van der Waals surface area contributed by atoms with Crippen molar-refractivity contribution in [1.29, 1.82) is 0 Å². The maximum atomic E-state index is 10.1. The van der Waals surface area contributed by atoms with Gasteiger partial charge < -0.3 is 15.2 Å². The maximum absolute atomic E-state index is 10.1. The largest absolute Gasteiger partial charge is 0.504 e. The quantitative estimate of drug-likeness (QED) is 0.769. The van der Waals surface area contributed by atoms with Crippen molar-refractivity contribution in [2.75, 3.05) is 12.4 Å². The van der Waals surface area contributed by atoms with Gasteiger partial charge in [-0.05, 0) is 31.0 Å². The Bertz CT molecular complexity index is 869. The first-order valence-electron chi connectivity index (χ1n) is 8.22. The number of ether oxygens (including phenoxy) is 1. The number of hydrogen-bond acceptors (Lipinski definition) is 5. The van der Waals surface area contributed by atoms with Crippen LogP contribution in [0.15, 0.2) is 36.8 Å². The van der Waals surface area contributed by atoms with Crippen LogP contribution in [-0.2, 0) is 0 Å². The number of rotatable bonds is 4. The van der Waals surface area contributed by atoms with E-state index in [1.807, 2.05) is 16.7 Å². The van der Waals surface area contributed by atoms with E-state index in [4.69, 9.17) is 9.72 Å². The number of methoxy groups -OCH3 is 1. The molecule has 3 aromatic rings. The van der Waals surface area contributed by atoms with Crippen LogP contribution >= 0.6 is 0 Å². The molecule has 0 spiro atoms. The van der Waals surface area contributed by atoms with Crippen LogP contribution in [0.3, 0.4) is 0 Å². The first kappa shape index (κ1) is 14.8. The predicted molar refractivity (Wildman–Crippen MR) is 92.5 cm³/mol. The lowest BCUT2D eigenvalue weighted by atomic mass is 10.1. The second-order valence-corrected chi connectivity index (χ2v) is 6.13. The Morgan fingerprint density at radius 1 is 1.29 bits per heavy atom. The molecule has 1 fully saturated rings. The number of aromatic hydroxyl groups is 1. The molecule has 1 saturated carbocycles. The van der Waals surface area contributed by atoms with Crippen molar-refractivity contribution in [2.45, 2.75) is 31.7 Å². The summed E-state index contributed by atoms with van der Waals surface area (Å²) in [6, 6.07) is 5.82. The van der Waals surface area contributed by atoms with Crippen molar-refractivity contribution in [2.24, 2.45) is 0 Å². The standard InChI is InChI=1S/C18H20N4O2/c1-24-15-7-6-12(10-14(15)23)17-18(20-13-4-2-3-5-13)22-9-8-19-11-16(22)21-17/h6-11,13,20,23H,2-5H2,1H3. The molecule has 4 rings (SSSR count). The molecule has 124 valence electrons. The van der Waals surface area contributed by atoms with Gasteiger partial charge in [-0.3, -0.25) is 9.38 Å². The first-order chi connectivity index (χ1) is 11.8. The summed E-state index contributed by atoms with van der Waals surface area (Å²) < 4.78 is 7.15. The molecule has 6 nitrogen and oxygen atoms in total. The summed E-state index contributed by atoms with van der Waals surface area (Å²) in [5.41, 5.74) is 2.44. The minimum Gasteiger partial charge on any atom is -0.504 e. The van der Waals surface area contributed by atoms with Crippen molar-refractivity contribution in [1.82, 2.24) is 14.4 Å². The normalized spacial score (nSPS) is 15.0. The number of phenols is 1. The van der Waals surface area contributed by atoms with E-state index in [-0.39, 0.29) is 5.75 Å². The van der Waals surface area contributed by atoms with Crippen LogP contribution in [0.4, 0.5) is 5.82 Å². The van der Waals surface area contributed by atoms with Crippen LogP contribution in [-0.4, -0.2) is 32.6 Å². The molecule has 0 saturated heterocycles. The molecule has 2 N–H and O–H groups in total. The molecule has 0 bridgehead atoms. The smallest absolute Gasteiger partial charge is 0.160 e. The van der Waals surface area contributed by atoms with Crippen LogP contribution in [0.2, 0.25) is 0 Å². The molecule has 1 aromatic carbocycles. The lowest BCUT2D eigenvalue weighted by molar-refractivity contribution is 0.373. The van der Waals surface area contributed by atoms with Gasteiger partial charge in [-0.1, -0.05) is 12.8 Å². The number of benzene rings is 1. The molecule has 0 radical (unpaired) electrons. The van der Waals surface area contributed by atoms with Crippen molar-refractivity contribution < 1.29 is 9.84 Å². The third kappa shape index (κ3) is 2.54. The van der Waals surface area contributed by atoms with Crippen molar-refractivity contribution >= 4 is 11.5 Å². The van der Waals surface area contributed by atoms with E-state index < -0.39 is 0 Å². The number of imidazole rings is 1. The minimum absolute atomic E-state index is 0.108. The van der Waals surface area contributed by atoms with Gasteiger partial charge in [0.25, 0.3) is 0 Å². The molecule has 6 heteroatoms. The number of hydrogen-bond donors (Lipinski definition) is 2. The van der Waals surface area contributed by atoms with Crippen LogP contribution in [0.5, 0.6) is 11.5 Å². The number of phenolic OH excluding ortho intramolecular Hbond substituents is 1. The molecule has 0 atom stereocenters. The van der Waals surface area contributed by atoms with Crippen LogP contribution in [0, 0.1) is 0 Å². The van der Waals surface area contributed by atoms with Gasteiger partial charge in [0, 0.05) is 24.0 Å². The fourth-order valence-electron chi connectivity index (χ4n) is 3.35. The Labute approximate surface area is 140 Å². The fraction of sp³-hybridized carbons (Fsp3) is 0.333. The molecule has 0 unspecified atom stereocenters. The molecule has 1 aliphatic rings. The summed E-state index contributed by atoms with van der Waals surface area (Å²) in [6.45, 7) is 0. The number of nitrogens with one attached hydrogen (secondary N) is 1. The Hall–Kier alpha value is -2.76. The van der Waals surface area contributed by atoms with E-state index in [2.05, 4.69) is 10.3 Å². The predicted octanol–water partition coefficient (Wildman–Crippen LogP) is 3.47. The van der Waals surface area contributed by atoms with E-state index in [1.165, 1.54) is 25.7 Å². The van der Waals surface area contributed by atoms with Gasteiger partial charge >= 0.3 is 0 Å². The Morgan fingerprint density at radius 3 is 2.88 bits per heavy atom. The molecular formula is C18H20N4O2. The number of nitrogens with zero attached hydrogens (tertiary/aromatic N) is 3. The average Bonchev–Trinajstić information content (AvgIpc) is 3.23. The molecule has 1 aliphatic carbocycles. The van der Waals surface area contributed by atoms with Crippen molar-refractivity contribution in [3.05, 3.63) is 36.8 Å². The Balaban J connectivity index is 1.82. The summed E-state index contributed by atoms with van der Waals surface area (Å²) in [6.07, 6.45) is 10.3. The van der Waals surface area contributed by atoms with Gasteiger partial charge in [0.15, 0.2) is 17.1 Å². The fourth-order valence-corrected chi connectivity index (χ4v) is 3.35. The third-order valence-corrected chi connectivity index (χ3v) is 4.58. The van der Waals surface area contributed by atoms with Gasteiger partial charge in [0.2, 0.25) is 0 Å². The highest BCUT2D eigenvalue weighted by Crippen LogP contribution is 2.36. The van der Waals surface area contributed by atoms with E-state index in [1.54, 1.807) is 31.6 Å². The lowest BCUT2D eigenvalue weighted by Crippen LogP contribution is -2.16. The Morgan fingerprint density at radius 2 is 2.12 bits per heavy atom. The monoisotopic (exact) mass is 324 g/mol. The van der Waals surface area contributed by atoms with Gasteiger partial charge in [-0.2, -0.15) is 0 Å². The SMILES string of the molecule is COc1ccc(-c2nc3cnccn3c2NC2CCCC2)cc1O. The van der Waals surface area contributed by atoms with Crippen LogP contribution in [0.1, 0.15) is 25.7 Å². The molecule has 0 aliphatic heterocycles. The molecular weight excluding hydrogens is 304 g/mol. The van der Waals surface area contributed by atoms with Gasteiger partial charge in [0.05, 0.1) is 13.3 Å². The van der Waals surface area contributed by atoms with E-state index in [0.717, 1.165) is 22.7 Å². The average molecular weight is 324 g/mol. The third-order valence-electron chi connectivity index (χ3n) is 4.58. The molecule has 2 heterocycles. The second kappa shape index (κ2) is 6.03. The van der Waals surface area contributed by atoms with Gasteiger partial charge in [-0.15, -0.1) is 0 Å². The zero-order valence-corrected chi connectivity index (χ0v) is 13.6. The van der Waals surface area contributed by atoms with E-state index in [0.29, 0.717) is 11.8 Å². The molecule has 2 aromatic heterocycles. The summed E-state index contributed by atoms with van der Waals surface area (Å²) >= 11 is 0. The zero-order chi connectivity index (χ0) is 16.5. The number of anilines is 1. The summed E-state index contributed by atoms with van der Waals surface area (Å²) in [5, 5.41) is 13.7. The van der Waals surface area contributed by atoms with E-state index >= 15 is 0 Å². The molecule has 0 amide bonds. The highest BCUT2D eigenvalue weighted by Gasteiger charge is 2.21. The van der Waals surface area contributed by atoms with Crippen molar-refractivity contribution in [3.8, 4) is 22.8 Å². The summed E-state index contributed by atoms with van der Waals surface area (Å²) in [5.74, 6) is 1.51. The highest BCUT2D eigenvalue weighted by atomic mass is 16.5. The van der Waals surface area contributed by atoms with Crippen LogP contribution in [0.25, 0.3) is 16.9 Å². The lowest BCUT2D eigenvalue weighted by Gasteiger charge is -2.15. The number of fused-ring (bicyclic) bond motifs is 1. The number of aromatic nitrogens is 3. The highest BCUT2D eigenvalue weighted by molar-refractivity contribution is 5.78. The van der Waals surface area contributed by atoms with Crippen LogP contribution < -0.4 is 10.1 Å².